The Morgan fingerprint density at radius 1 is 0.850 bits per heavy atom. The summed E-state index contributed by atoms with van der Waals surface area (Å²) in [6, 6.07) is 16.9. The molecule has 0 fully saturated rings. The van der Waals surface area contributed by atoms with Gasteiger partial charge in [-0.3, -0.25) is 19.5 Å². The number of likely N-dealkylation sites (N-methyl/N-ethyl adjacent to an activating group) is 1. The van der Waals surface area contributed by atoms with Gasteiger partial charge >= 0.3 is 6.03 Å². The van der Waals surface area contributed by atoms with Crippen LogP contribution in [0.25, 0.3) is 0 Å². The lowest BCUT2D eigenvalue weighted by atomic mass is 10.1. The number of anilines is 1. The number of ether oxygens (including phenoxy) is 4. The molecule has 11 heteroatoms. The van der Waals surface area contributed by atoms with E-state index in [9.17, 15) is 14.9 Å². The third kappa shape index (κ3) is 7.11. The number of methoxy groups -OCH3 is 4. The molecular formula is C29H37N4O7+. The fraction of sp³-hybridized carbons (Fsp3) is 0.345. The summed E-state index contributed by atoms with van der Waals surface area (Å²) >= 11 is 0. The van der Waals surface area contributed by atoms with Gasteiger partial charge in [0.1, 0.15) is 5.69 Å². The predicted octanol–water partition coefficient (Wildman–Crippen LogP) is 4.78. The zero-order valence-corrected chi connectivity index (χ0v) is 23.6. The number of nitro benzene ring substituents is 1. The van der Waals surface area contributed by atoms with Gasteiger partial charge < -0.3 is 24.7 Å². The molecule has 2 N–H and O–H groups in total. The summed E-state index contributed by atoms with van der Waals surface area (Å²) in [4.78, 5) is 24.2. The van der Waals surface area contributed by atoms with Crippen LogP contribution in [0.15, 0.2) is 60.7 Å². The van der Waals surface area contributed by atoms with Crippen molar-refractivity contribution < 1.29 is 28.7 Å². The number of rotatable bonds is 14. The molecule has 0 aromatic heterocycles. The van der Waals surface area contributed by atoms with Crippen molar-refractivity contribution in [1.82, 2.24) is 4.48 Å². The summed E-state index contributed by atoms with van der Waals surface area (Å²) in [6.45, 7) is 1.74. The van der Waals surface area contributed by atoms with E-state index in [1.165, 1.54) is 29.2 Å². The van der Waals surface area contributed by atoms with Crippen molar-refractivity contribution in [2.75, 3.05) is 60.0 Å². The van der Waals surface area contributed by atoms with Crippen LogP contribution in [-0.2, 0) is 6.42 Å². The highest BCUT2D eigenvalue weighted by Gasteiger charge is 2.27. The molecule has 0 aliphatic heterocycles. The van der Waals surface area contributed by atoms with Crippen molar-refractivity contribution in [3.05, 3.63) is 76.3 Å². The number of carbonyl (C=O) groups is 1. The summed E-state index contributed by atoms with van der Waals surface area (Å²) in [7, 11) is 8.54. The van der Waals surface area contributed by atoms with Crippen LogP contribution in [0.5, 0.6) is 23.0 Å². The second-order valence-electron chi connectivity index (χ2n) is 9.44. The SMILES string of the molecule is COc1ccc(CC[N+](C)(CCCN(C(N)=O)c2ccc([N+](=O)[O-])cc2)c2ccc(OC)c(OC)c2)cc1OC. The summed E-state index contributed by atoms with van der Waals surface area (Å²) in [5.41, 5.74) is 8.23. The molecule has 2 amide bonds. The molecule has 11 nitrogen and oxygen atoms in total. The first-order chi connectivity index (χ1) is 19.1. The Morgan fingerprint density at radius 3 is 1.98 bits per heavy atom. The van der Waals surface area contributed by atoms with Gasteiger partial charge in [0.15, 0.2) is 23.0 Å². The number of benzene rings is 3. The van der Waals surface area contributed by atoms with Gasteiger partial charge in [-0.15, -0.1) is 0 Å². The molecule has 0 spiro atoms. The Bertz CT molecular complexity index is 1320. The van der Waals surface area contributed by atoms with Crippen molar-refractivity contribution in [3.8, 4) is 23.0 Å². The smallest absolute Gasteiger partial charge is 0.319 e. The van der Waals surface area contributed by atoms with Crippen LogP contribution in [0.1, 0.15) is 12.0 Å². The Morgan fingerprint density at radius 2 is 1.43 bits per heavy atom. The molecule has 1 unspecified atom stereocenters. The first kappa shape index (κ1) is 30.0. The van der Waals surface area contributed by atoms with Crippen LogP contribution in [0, 0.1) is 10.1 Å². The van der Waals surface area contributed by atoms with Gasteiger partial charge in [-0.05, 0) is 35.9 Å². The van der Waals surface area contributed by atoms with E-state index in [1.54, 1.807) is 28.4 Å². The minimum absolute atomic E-state index is 0.0546. The Balaban J connectivity index is 1.85. The van der Waals surface area contributed by atoms with Crippen LogP contribution < -0.4 is 34.1 Å². The number of carbonyl (C=O) groups excluding carboxylic acids is 1. The molecule has 0 heterocycles. The Labute approximate surface area is 234 Å². The summed E-state index contributed by atoms with van der Waals surface area (Å²) in [5.74, 6) is 2.59. The van der Waals surface area contributed by atoms with E-state index in [4.69, 9.17) is 24.7 Å². The summed E-state index contributed by atoms with van der Waals surface area (Å²) < 4.78 is 22.4. The van der Waals surface area contributed by atoms with Crippen LogP contribution >= 0.6 is 0 Å². The maximum Gasteiger partial charge on any atom is 0.319 e. The fourth-order valence-corrected chi connectivity index (χ4v) is 4.64. The van der Waals surface area contributed by atoms with Crippen LogP contribution in [0.2, 0.25) is 0 Å². The van der Waals surface area contributed by atoms with E-state index in [0.29, 0.717) is 52.7 Å². The highest BCUT2D eigenvalue weighted by atomic mass is 16.6. The van der Waals surface area contributed by atoms with Gasteiger partial charge in [-0.1, -0.05) is 6.07 Å². The molecule has 0 saturated carbocycles. The fourth-order valence-electron chi connectivity index (χ4n) is 4.64. The zero-order chi connectivity index (χ0) is 29.3. The molecule has 0 bridgehead atoms. The number of quaternary nitrogens is 1. The van der Waals surface area contributed by atoms with Crippen LogP contribution in [-0.4, -0.2) is 66.1 Å². The first-order valence-electron chi connectivity index (χ1n) is 12.7. The van der Waals surface area contributed by atoms with Gasteiger partial charge in [0, 0.05) is 49.3 Å². The Kier molecular flexibility index (Phi) is 10.2. The highest BCUT2D eigenvalue weighted by Crippen LogP contribution is 2.35. The van der Waals surface area contributed by atoms with E-state index < -0.39 is 11.0 Å². The second-order valence-corrected chi connectivity index (χ2v) is 9.44. The maximum absolute atomic E-state index is 12.3. The lowest BCUT2D eigenvalue weighted by Gasteiger charge is -2.35. The van der Waals surface area contributed by atoms with Crippen LogP contribution in [0.3, 0.4) is 0 Å². The number of non-ortho nitro benzene ring substituents is 1. The van der Waals surface area contributed by atoms with Crippen molar-refractivity contribution >= 4 is 23.1 Å². The van der Waals surface area contributed by atoms with Gasteiger partial charge in [0.25, 0.3) is 5.69 Å². The molecule has 0 radical (unpaired) electrons. The third-order valence-electron chi connectivity index (χ3n) is 7.00. The molecular weight excluding hydrogens is 516 g/mol. The minimum Gasteiger partial charge on any atom is -0.493 e. The molecule has 0 aliphatic carbocycles. The maximum atomic E-state index is 12.3. The number of nitro groups is 1. The van der Waals surface area contributed by atoms with E-state index in [0.717, 1.165) is 24.2 Å². The quantitative estimate of drug-likeness (QED) is 0.173. The van der Waals surface area contributed by atoms with E-state index in [1.807, 2.05) is 36.4 Å². The van der Waals surface area contributed by atoms with Gasteiger partial charge in [0.05, 0.1) is 53.5 Å². The molecule has 0 saturated heterocycles. The van der Waals surface area contributed by atoms with Crippen molar-refractivity contribution in [3.63, 3.8) is 0 Å². The summed E-state index contributed by atoms with van der Waals surface area (Å²) in [5, 5.41) is 11.0. The number of amides is 2. The monoisotopic (exact) mass is 553 g/mol. The largest absolute Gasteiger partial charge is 0.493 e. The van der Waals surface area contributed by atoms with Crippen molar-refractivity contribution in [1.29, 1.82) is 0 Å². The number of hydrogen-bond donors (Lipinski definition) is 1. The highest BCUT2D eigenvalue weighted by molar-refractivity contribution is 5.90. The molecule has 214 valence electrons. The average molecular weight is 554 g/mol. The third-order valence-corrected chi connectivity index (χ3v) is 7.00. The van der Waals surface area contributed by atoms with E-state index >= 15 is 0 Å². The molecule has 3 rings (SSSR count). The zero-order valence-electron chi connectivity index (χ0n) is 23.6. The average Bonchev–Trinajstić information content (AvgIpc) is 2.97. The van der Waals surface area contributed by atoms with Gasteiger partial charge in [-0.2, -0.15) is 0 Å². The standard InChI is InChI=1S/C29H36N4O7/c1-33(24-12-14-26(38-3)28(20-24)40-5,18-15-21-7-13-25(37-2)27(19-21)39-4)17-6-16-31(29(30)34)22-8-10-23(11-9-22)32(35)36/h7-14,19-20H,6,15-18H2,1-5H3,(H-,30,34)/p+1. The lowest BCUT2D eigenvalue weighted by molar-refractivity contribution is -0.384. The number of nitrogens with zero attached hydrogens (tertiary/aromatic N) is 3. The van der Waals surface area contributed by atoms with Crippen molar-refractivity contribution in [2.24, 2.45) is 5.73 Å². The van der Waals surface area contributed by atoms with Gasteiger partial charge in [-0.25, -0.2) is 4.79 Å². The van der Waals surface area contributed by atoms with Crippen LogP contribution in [0.4, 0.5) is 21.9 Å². The molecule has 3 aromatic rings. The minimum atomic E-state index is -0.625. The molecule has 1 atom stereocenters. The number of urea groups is 1. The molecule has 0 aliphatic rings. The number of hydrogen-bond acceptors (Lipinski definition) is 7. The normalized spacial score (nSPS) is 12.2. The first-order valence-corrected chi connectivity index (χ1v) is 12.7. The Hall–Kier alpha value is -4.51. The topological polar surface area (TPSA) is 126 Å². The molecule has 3 aromatic carbocycles. The van der Waals surface area contributed by atoms with E-state index in [2.05, 4.69) is 7.05 Å². The number of nitrogens with two attached hydrogens (primary N) is 1. The predicted molar refractivity (Wildman–Crippen MR) is 155 cm³/mol. The van der Waals surface area contributed by atoms with Crippen molar-refractivity contribution in [2.45, 2.75) is 12.8 Å². The molecule has 40 heavy (non-hydrogen) atoms. The number of primary amides is 1. The van der Waals surface area contributed by atoms with E-state index in [-0.39, 0.29) is 5.69 Å². The van der Waals surface area contributed by atoms with Gasteiger partial charge in [0.2, 0.25) is 0 Å². The second kappa shape index (κ2) is 13.5. The lowest BCUT2D eigenvalue weighted by Crippen LogP contribution is -2.49. The summed E-state index contributed by atoms with van der Waals surface area (Å²) in [6.07, 6.45) is 1.35.